The lowest BCUT2D eigenvalue weighted by Crippen LogP contribution is -2.63. The van der Waals surface area contributed by atoms with Gasteiger partial charge in [0.2, 0.25) is 0 Å². The minimum Gasteiger partial charge on any atom is -0.386 e. The quantitative estimate of drug-likeness (QED) is 0.333. The number of nitrogens with zero attached hydrogens (tertiary/aromatic N) is 3. The SMILES string of the molecule is CN=C(NCC(O)c1ccc(Cl)s1)NCC1CN2CCN1CC2.I. The van der Waals surface area contributed by atoms with E-state index in [1.165, 1.54) is 24.4 Å². The molecule has 2 atom stereocenters. The van der Waals surface area contributed by atoms with E-state index in [0.717, 1.165) is 37.0 Å². The van der Waals surface area contributed by atoms with Crippen molar-refractivity contribution in [3.8, 4) is 0 Å². The number of aliphatic hydroxyl groups is 1. The molecule has 0 aromatic carbocycles. The Hall–Kier alpha value is -0.130. The molecule has 9 heteroatoms. The van der Waals surface area contributed by atoms with Gasteiger partial charge < -0.3 is 15.7 Å². The summed E-state index contributed by atoms with van der Waals surface area (Å²) in [6.07, 6.45) is -0.577. The van der Waals surface area contributed by atoms with Crippen LogP contribution in [0.4, 0.5) is 0 Å². The average Bonchev–Trinajstić information content (AvgIpc) is 3.02. The highest BCUT2D eigenvalue weighted by Gasteiger charge is 2.31. The molecule has 24 heavy (non-hydrogen) atoms. The van der Waals surface area contributed by atoms with Crippen molar-refractivity contribution in [3.63, 3.8) is 0 Å². The molecular weight excluding hydrogens is 461 g/mol. The Bertz CT molecular complexity index is 550. The summed E-state index contributed by atoms with van der Waals surface area (Å²) in [5.74, 6) is 0.726. The number of guanidine groups is 1. The van der Waals surface area contributed by atoms with E-state index in [0.29, 0.717) is 16.9 Å². The van der Waals surface area contributed by atoms with E-state index in [4.69, 9.17) is 11.6 Å². The van der Waals surface area contributed by atoms with Crippen molar-refractivity contribution in [2.24, 2.45) is 4.99 Å². The van der Waals surface area contributed by atoms with E-state index < -0.39 is 6.10 Å². The van der Waals surface area contributed by atoms with Gasteiger partial charge in [0.1, 0.15) is 6.10 Å². The number of rotatable bonds is 5. The number of aliphatic imine (C=N–C) groups is 1. The largest absolute Gasteiger partial charge is 0.386 e. The number of aliphatic hydroxyl groups excluding tert-OH is 1. The van der Waals surface area contributed by atoms with Crippen molar-refractivity contribution >= 4 is 52.9 Å². The maximum atomic E-state index is 10.2. The van der Waals surface area contributed by atoms with E-state index >= 15 is 0 Å². The molecule has 3 N–H and O–H groups in total. The molecule has 3 saturated heterocycles. The summed E-state index contributed by atoms with van der Waals surface area (Å²) in [7, 11) is 1.75. The van der Waals surface area contributed by atoms with Gasteiger partial charge in [0, 0.05) is 63.8 Å². The maximum Gasteiger partial charge on any atom is 0.191 e. The van der Waals surface area contributed by atoms with Crippen LogP contribution in [0.15, 0.2) is 17.1 Å². The highest BCUT2D eigenvalue weighted by Crippen LogP contribution is 2.26. The molecule has 0 saturated carbocycles. The zero-order chi connectivity index (χ0) is 16.2. The average molecular weight is 486 g/mol. The van der Waals surface area contributed by atoms with E-state index in [-0.39, 0.29) is 24.0 Å². The van der Waals surface area contributed by atoms with Crippen molar-refractivity contribution in [1.82, 2.24) is 20.4 Å². The van der Waals surface area contributed by atoms with Crippen molar-refractivity contribution in [1.29, 1.82) is 0 Å². The zero-order valence-corrected chi connectivity index (χ0v) is 17.6. The molecule has 4 rings (SSSR count). The summed E-state index contributed by atoms with van der Waals surface area (Å²) in [5.41, 5.74) is 0. The molecule has 0 spiro atoms. The topological polar surface area (TPSA) is 63.1 Å². The fourth-order valence-electron chi connectivity index (χ4n) is 3.15. The lowest BCUT2D eigenvalue weighted by atomic mass is 10.1. The Morgan fingerprint density at radius 2 is 2.12 bits per heavy atom. The predicted molar refractivity (Wildman–Crippen MR) is 111 cm³/mol. The van der Waals surface area contributed by atoms with Crippen LogP contribution in [0, 0.1) is 0 Å². The number of hydrogen-bond acceptors (Lipinski definition) is 5. The van der Waals surface area contributed by atoms with Gasteiger partial charge in [0.25, 0.3) is 0 Å². The van der Waals surface area contributed by atoms with Gasteiger partial charge in [-0.15, -0.1) is 35.3 Å². The van der Waals surface area contributed by atoms with Crippen LogP contribution in [-0.4, -0.2) is 79.8 Å². The lowest BCUT2D eigenvalue weighted by molar-refractivity contribution is 0.0154. The van der Waals surface area contributed by atoms with Crippen LogP contribution in [0.3, 0.4) is 0 Å². The summed E-state index contributed by atoms with van der Waals surface area (Å²) in [6, 6.07) is 4.20. The molecule has 2 bridgehead atoms. The van der Waals surface area contributed by atoms with Gasteiger partial charge in [-0.05, 0) is 12.1 Å². The summed E-state index contributed by atoms with van der Waals surface area (Å²) in [5, 5.41) is 16.7. The van der Waals surface area contributed by atoms with Gasteiger partial charge in [-0.25, -0.2) is 0 Å². The molecule has 3 fully saturated rings. The fourth-order valence-corrected chi connectivity index (χ4v) is 4.20. The fraction of sp³-hybridized carbons (Fsp3) is 0.667. The Kier molecular flexibility index (Phi) is 8.02. The molecule has 0 amide bonds. The third-order valence-electron chi connectivity index (χ3n) is 4.51. The second kappa shape index (κ2) is 9.54. The van der Waals surface area contributed by atoms with Crippen LogP contribution in [0.5, 0.6) is 0 Å². The molecule has 1 aromatic rings. The summed E-state index contributed by atoms with van der Waals surface area (Å²) in [6.45, 7) is 7.12. The summed E-state index contributed by atoms with van der Waals surface area (Å²) in [4.78, 5) is 10.2. The monoisotopic (exact) mass is 485 g/mol. The minimum absolute atomic E-state index is 0. The van der Waals surface area contributed by atoms with Crippen LogP contribution in [-0.2, 0) is 0 Å². The maximum absolute atomic E-state index is 10.2. The minimum atomic E-state index is -0.577. The smallest absolute Gasteiger partial charge is 0.191 e. The molecular formula is C15H25ClIN5OS. The van der Waals surface area contributed by atoms with Crippen LogP contribution in [0.2, 0.25) is 4.34 Å². The van der Waals surface area contributed by atoms with E-state index in [9.17, 15) is 5.11 Å². The first-order valence-electron chi connectivity index (χ1n) is 8.00. The standard InChI is InChI=1S/C15H24ClN5OS.HI/c1-17-15(19-9-12(22)13-2-3-14(16)23-13)18-8-11-10-20-4-6-21(11)7-5-20;/h2-3,11-12,22H,4-10H2,1H3,(H2,17,18,19);1H. The molecule has 136 valence electrons. The Morgan fingerprint density at radius 3 is 2.67 bits per heavy atom. The van der Waals surface area contributed by atoms with Gasteiger partial charge >= 0.3 is 0 Å². The van der Waals surface area contributed by atoms with Gasteiger partial charge in [0.15, 0.2) is 5.96 Å². The molecule has 4 heterocycles. The van der Waals surface area contributed by atoms with Crippen molar-refractivity contribution < 1.29 is 5.11 Å². The highest BCUT2D eigenvalue weighted by molar-refractivity contribution is 14.0. The Morgan fingerprint density at radius 1 is 1.38 bits per heavy atom. The Labute approximate surface area is 169 Å². The molecule has 0 radical (unpaired) electrons. The van der Waals surface area contributed by atoms with Crippen molar-refractivity contribution in [2.45, 2.75) is 12.1 Å². The first-order chi connectivity index (χ1) is 11.2. The predicted octanol–water partition coefficient (Wildman–Crippen LogP) is 1.22. The summed E-state index contributed by atoms with van der Waals surface area (Å²) >= 11 is 7.31. The number of hydrogen-bond donors (Lipinski definition) is 3. The van der Waals surface area contributed by atoms with E-state index in [1.54, 1.807) is 13.1 Å². The van der Waals surface area contributed by atoms with Gasteiger partial charge in [0.05, 0.1) is 4.34 Å². The van der Waals surface area contributed by atoms with E-state index in [2.05, 4.69) is 25.4 Å². The van der Waals surface area contributed by atoms with Crippen molar-refractivity contribution in [2.75, 3.05) is 52.9 Å². The van der Waals surface area contributed by atoms with Crippen LogP contribution in [0.25, 0.3) is 0 Å². The molecule has 0 aliphatic carbocycles. The van der Waals surface area contributed by atoms with Crippen LogP contribution >= 0.6 is 46.9 Å². The zero-order valence-electron chi connectivity index (χ0n) is 13.7. The Balaban J connectivity index is 0.00000208. The van der Waals surface area contributed by atoms with E-state index in [1.807, 2.05) is 6.07 Å². The number of nitrogens with one attached hydrogen (secondary N) is 2. The van der Waals surface area contributed by atoms with Crippen molar-refractivity contribution in [3.05, 3.63) is 21.3 Å². The van der Waals surface area contributed by atoms with Crippen LogP contribution < -0.4 is 10.6 Å². The number of fused-ring (bicyclic) bond motifs is 3. The highest BCUT2D eigenvalue weighted by atomic mass is 127. The second-order valence-electron chi connectivity index (χ2n) is 5.98. The third-order valence-corrected chi connectivity index (χ3v) is 5.84. The number of piperazine rings is 3. The second-order valence-corrected chi connectivity index (χ2v) is 7.73. The molecule has 3 aliphatic rings. The number of halogens is 2. The first kappa shape index (κ1) is 20.2. The third kappa shape index (κ3) is 5.18. The first-order valence-corrected chi connectivity index (χ1v) is 9.19. The van der Waals surface area contributed by atoms with Crippen LogP contribution in [0.1, 0.15) is 11.0 Å². The van der Waals surface area contributed by atoms with Gasteiger partial charge in [-0.1, -0.05) is 11.6 Å². The van der Waals surface area contributed by atoms with Gasteiger partial charge in [-0.2, -0.15) is 0 Å². The number of thiophene rings is 1. The molecule has 1 aromatic heterocycles. The lowest BCUT2D eigenvalue weighted by Gasteiger charge is -2.47. The summed E-state index contributed by atoms with van der Waals surface area (Å²) < 4.78 is 0.693. The molecule has 3 aliphatic heterocycles. The molecule has 2 unspecified atom stereocenters. The molecule has 6 nitrogen and oxygen atoms in total. The normalized spacial score (nSPS) is 27.5. The van der Waals surface area contributed by atoms with Gasteiger partial charge in [-0.3, -0.25) is 14.8 Å².